The summed E-state index contributed by atoms with van der Waals surface area (Å²) in [5.41, 5.74) is 0.0723. The summed E-state index contributed by atoms with van der Waals surface area (Å²) in [6.07, 6.45) is 0. The molecule has 0 spiro atoms. The molecule has 1 N–H and O–H groups in total. The Labute approximate surface area is 121 Å². The highest BCUT2D eigenvalue weighted by molar-refractivity contribution is 7.92. The lowest BCUT2D eigenvalue weighted by Crippen LogP contribution is -2.28. The zero-order valence-electron chi connectivity index (χ0n) is 11.1. The Hall–Kier alpha value is -1.99. The monoisotopic (exact) mass is 313 g/mol. The zero-order chi connectivity index (χ0) is 15.6. The smallest absolute Gasteiger partial charge is 0.267 e. The van der Waals surface area contributed by atoms with Gasteiger partial charge in [0.2, 0.25) is 0 Å². The predicted octanol–water partition coefficient (Wildman–Crippen LogP) is 2.28. The fourth-order valence-electron chi connectivity index (χ4n) is 1.84. The van der Waals surface area contributed by atoms with Crippen LogP contribution in [0, 0.1) is 11.6 Å². The van der Waals surface area contributed by atoms with Gasteiger partial charge in [0.05, 0.1) is 12.3 Å². The number of anilines is 1. The molecule has 21 heavy (non-hydrogen) atoms. The van der Waals surface area contributed by atoms with Gasteiger partial charge in [-0.1, -0.05) is 18.2 Å². The largest absolute Gasteiger partial charge is 0.392 e. The highest BCUT2D eigenvalue weighted by Gasteiger charge is 2.26. The molecule has 7 heteroatoms. The first-order valence-corrected chi connectivity index (χ1v) is 7.44. The van der Waals surface area contributed by atoms with E-state index in [4.69, 9.17) is 5.11 Å². The summed E-state index contributed by atoms with van der Waals surface area (Å²) in [7, 11) is -3.09. The molecule has 2 rings (SSSR count). The lowest BCUT2D eigenvalue weighted by atomic mass is 10.2. The Morgan fingerprint density at radius 3 is 2.33 bits per heavy atom. The van der Waals surface area contributed by atoms with Crippen LogP contribution in [-0.2, 0) is 16.6 Å². The van der Waals surface area contributed by atoms with Crippen LogP contribution in [0.15, 0.2) is 47.4 Å². The summed E-state index contributed by atoms with van der Waals surface area (Å²) in [6.45, 7) is -0.402. The van der Waals surface area contributed by atoms with E-state index in [1.165, 1.54) is 24.3 Å². The maximum absolute atomic E-state index is 13.9. The molecule has 0 amide bonds. The summed E-state index contributed by atoms with van der Waals surface area (Å²) in [5.74, 6) is -1.72. The lowest BCUT2D eigenvalue weighted by Gasteiger charge is -2.20. The van der Waals surface area contributed by atoms with Crippen molar-refractivity contribution in [2.24, 2.45) is 0 Å². The molecule has 0 aliphatic carbocycles. The van der Waals surface area contributed by atoms with Crippen LogP contribution >= 0.6 is 0 Å². The summed E-state index contributed by atoms with van der Waals surface area (Å²) in [4.78, 5) is -0.578. The number of hydrogen-bond acceptors (Lipinski definition) is 3. The Balaban J connectivity index is 2.50. The lowest BCUT2D eigenvalue weighted by molar-refractivity contribution is 0.281. The summed E-state index contributed by atoms with van der Waals surface area (Å²) in [6, 6.07) is 8.59. The molecule has 0 fully saturated rings. The number of aliphatic hydroxyl groups is 1. The highest BCUT2D eigenvalue weighted by Crippen LogP contribution is 2.26. The third-order valence-electron chi connectivity index (χ3n) is 3.01. The van der Waals surface area contributed by atoms with E-state index in [1.54, 1.807) is 0 Å². The fraction of sp³-hybridized carbons (Fsp3) is 0.143. The molecule has 0 unspecified atom stereocenters. The number of benzene rings is 2. The van der Waals surface area contributed by atoms with Gasteiger partial charge in [-0.15, -0.1) is 0 Å². The average molecular weight is 313 g/mol. The summed E-state index contributed by atoms with van der Waals surface area (Å²) < 4.78 is 53.0. The van der Waals surface area contributed by atoms with E-state index in [9.17, 15) is 17.2 Å². The SMILES string of the molecule is CN(c1ccccc1F)S(=O)(=O)c1ccc(CO)cc1F. The molecule has 0 radical (unpaired) electrons. The van der Waals surface area contributed by atoms with E-state index in [2.05, 4.69) is 0 Å². The number of aliphatic hydroxyl groups excluding tert-OH is 1. The number of para-hydroxylation sites is 1. The van der Waals surface area contributed by atoms with Crippen molar-refractivity contribution >= 4 is 15.7 Å². The molecule has 0 saturated heterocycles. The second-order valence-corrected chi connectivity index (χ2v) is 6.28. The van der Waals surface area contributed by atoms with Crippen molar-refractivity contribution in [3.05, 3.63) is 59.7 Å². The Morgan fingerprint density at radius 1 is 1.10 bits per heavy atom. The number of hydrogen-bond donors (Lipinski definition) is 1. The van der Waals surface area contributed by atoms with E-state index in [1.807, 2.05) is 0 Å². The van der Waals surface area contributed by atoms with E-state index in [0.717, 1.165) is 25.2 Å². The van der Waals surface area contributed by atoms with Crippen molar-refractivity contribution < 1.29 is 22.3 Å². The second-order valence-electron chi connectivity index (χ2n) is 4.35. The second kappa shape index (κ2) is 5.79. The van der Waals surface area contributed by atoms with Gasteiger partial charge in [-0.3, -0.25) is 4.31 Å². The van der Waals surface area contributed by atoms with E-state index in [-0.39, 0.29) is 11.3 Å². The maximum atomic E-state index is 13.9. The number of halogens is 2. The number of sulfonamides is 1. The quantitative estimate of drug-likeness (QED) is 0.942. The normalized spacial score (nSPS) is 11.4. The Morgan fingerprint density at radius 2 is 1.76 bits per heavy atom. The van der Waals surface area contributed by atoms with Gasteiger partial charge >= 0.3 is 0 Å². The van der Waals surface area contributed by atoms with Gasteiger partial charge in [0.15, 0.2) is 0 Å². The molecule has 0 aliphatic heterocycles. The molecular formula is C14H13F2NO3S. The summed E-state index contributed by atoms with van der Waals surface area (Å²) in [5, 5.41) is 8.90. The minimum Gasteiger partial charge on any atom is -0.392 e. The van der Waals surface area contributed by atoms with Gasteiger partial charge in [-0.05, 0) is 29.8 Å². The molecule has 0 heterocycles. The van der Waals surface area contributed by atoms with Crippen LogP contribution in [0.4, 0.5) is 14.5 Å². The molecule has 0 bridgehead atoms. The maximum Gasteiger partial charge on any atom is 0.267 e. The van der Waals surface area contributed by atoms with Crippen molar-refractivity contribution in [3.63, 3.8) is 0 Å². The molecule has 0 aliphatic rings. The van der Waals surface area contributed by atoms with Crippen molar-refractivity contribution in [1.29, 1.82) is 0 Å². The zero-order valence-corrected chi connectivity index (χ0v) is 11.9. The van der Waals surface area contributed by atoms with Crippen LogP contribution in [0.1, 0.15) is 5.56 Å². The molecule has 2 aromatic carbocycles. The first kappa shape index (κ1) is 15.4. The minimum atomic E-state index is -4.23. The Kier molecular flexibility index (Phi) is 4.24. The van der Waals surface area contributed by atoms with Crippen LogP contribution in [0.5, 0.6) is 0 Å². The van der Waals surface area contributed by atoms with E-state index >= 15 is 0 Å². The molecule has 112 valence electrons. The molecule has 0 saturated carbocycles. The van der Waals surface area contributed by atoms with Crippen LogP contribution in [0.25, 0.3) is 0 Å². The van der Waals surface area contributed by atoms with Crippen molar-refractivity contribution in [2.75, 3.05) is 11.4 Å². The Bertz CT molecular complexity index is 763. The third-order valence-corrected chi connectivity index (χ3v) is 4.81. The van der Waals surface area contributed by atoms with Crippen molar-refractivity contribution in [3.8, 4) is 0 Å². The van der Waals surface area contributed by atoms with Gasteiger partial charge in [0.1, 0.15) is 16.5 Å². The molecule has 0 atom stereocenters. The van der Waals surface area contributed by atoms with Crippen LogP contribution < -0.4 is 4.31 Å². The molecular weight excluding hydrogens is 300 g/mol. The molecule has 0 aromatic heterocycles. The molecule has 4 nitrogen and oxygen atoms in total. The topological polar surface area (TPSA) is 57.6 Å². The van der Waals surface area contributed by atoms with E-state index < -0.39 is 33.2 Å². The van der Waals surface area contributed by atoms with Crippen LogP contribution in [-0.4, -0.2) is 20.6 Å². The first-order chi connectivity index (χ1) is 9.87. The molecule has 2 aromatic rings. The van der Waals surface area contributed by atoms with Crippen LogP contribution in [0.2, 0.25) is 0 Å². The van der Waals surface area contributed by atoms with Crippen molar-refractivity contribution in [1.82, 2.24) is 0 Å². The summed E-state index contributed by atoms with van der Waals surface area (Å²) >= 11 is 0. The third kappa shape index (κ3) is 2.88. The van der Waals surface area contributed by atoms with Gasteiger partial charge in [-0.25, -0.2) is 17.2 Å². The predicted molar refractivity (Wildman–Crippen MR) is 74.3 cm³/mol. The van der Waals surface area contributed by atoms with E-state index in [0.29, 0.717) is 4.31 Å². The van der Waals surface area contributed by atoms with Crippen molar-refractivity contribution in [2.45, 2.75) is 11.5 Å². The first-order valence-electron chi connectivity index (χ1n) is 6.00. The average Bonchev–Trinajstić information content (AvgIpc) is 2.46. The highest BCUT2D eigenvalue weighted by atomic mass is 32.2. The standard InChI is InChI=1S/C14H13F2NO3S/c1-17(13-5-3-2-4-11(13)15)21(19,20)14-7-6-10(9-18)8-12(14)16/h2-8,18H,9H2,1H3. The fourth-order valence-corrected chi connectivity index (χ4v) is 3.08. The van der Waals surface area contributed by atoms with Gasteiger partial charge in [0, 0.05) is 7.05 Å². The van der Waals surface area contributed by atoms with Gasteiger partial charge in [-0.2, -0.15) is 0 Å². The van der Waals surface area contributed by atoms with Crippen LogP contribution in [0.3, 0.4) is 0 Å². The minimum absolute atomic E-state index is 0.178. The number of nitrogens with zero attached hydrogens (tertiary/aromatic N) is 1. The van der Waals surface area contributed by atoms with Gasteiger partial charge in [0.25, 0.3) is 10.0 Å². The van der Waals surface area contributed by atoms with Gasteiger partial charge < -0.3 is 5.11 Å². The number of rotatable bonds is 4.